The van der Waals surface area contributed by atoms with Gasteiger partial charge in [-0.15, -0.1) is 11.3 Å². The summed E-state index contributed by atoms with van der Waals surface area (Å²) in [7, 11) is 0. The van der Waals surface area contributed by atoms with Gasteiger partial charge in [-0.2, -0.15) is 0 Å². The van der Waals surface area contributed by atoms with Gasteiger partial charge in [0.2, 0.25) is 0 Å². The second-order valence-corrected chi connectivity index (χ2v) is 8.10. The van der Waals surface area contributed by atoms with Crippen LogP contribution in [0, 0.1) is 0 Å². The van der Waals surface area contributed by atoms with Crippen molar-refractivity contribution in [3.05, 3.63) is 57.6 Å². The summed E-state index contributed by atoms with van der Waals surface area (Å²) in [6.45, 7) is 4.74. The molecule has 1 aliphatic heterocycles. The highest BCUT2D eigenvalue weighted by Gasteiger charge is 2.27. The lowest BCUT2D eigenvalue weighted by Gasteiger charge is -2.26. The summed E-state index contributed by atoms with van der Waals surface area (Å²) >= 11 is 7.75. The predicted octanol–water partition coefficient (Wildman–Crippen LogP) is 5.33. The second-order valence-electron chi connectivity index (χ2n) is 6.67. The van der Waals surface area contributed by atoms with E-state index in [0.717, 1.165) is 33.5 Å². The van der Waals surface area contributed by atoms with Gasteiger partial charge in [0.15, 0.2) is 0 Å². The van der Waals surface area contributed by atoms with E-state index in [1.54, 1.807) is 12.3 Å². The van der Waals surface area contributed by atoms with Crippen LogP contribution in [0.1, 0.15) is 53.0 Å². The number of nitrogens with zero attached hydrogens (tertiary/aromatic N) is 1. The van der Waals surface area contributed by atoms with Crippen molar-refractivity contribution in [2.75, 3.05) is 6.61 Å². The fourth-order valence-corrected chi connectivity index (χ4v) is 4.88. The van der Waals surface area contributed by atoms with Crippen molar-refractivity contribution in [1.29, 1.82) is 0 Å². The zero-order valence-electron chi connectivity index (χ0n) is 14.6. The molecule has 6 heteroatoms. The third-order valence-electron chi connectivity index (χ3n) is 4.61. The summed E-state index contributed by atoms with van der Waals surface area (Å²) in [5, 5.41) is 3.82. The quantitative estimate of drug-likeness (QED) is 0.662. The van der Waals surface area contributed by atoms with E-state index in [2.05, 4.69) is 24.1 Å². The van der Waals surface area contributed by atoms with Crippen molar-refractivity contribution in [2.45, 2.75) is 32.2 Å². The highest BCUT2D eigenvalue weighted by atomic mass is 35.5. The van der Waals surface area contributed by atoms with Crippen molar-refractivity contribution >= 4 is 39.1 Å². The topological polar surface area (TPSA) is 51.2 Å². The first-order valence-electron chi connectivity index (χ1n) is 8.65. The molecule has 2 aromatic heterocycles. The summed E-state index contributed by atoms with van der Waals surface area (Å²) in [6.07, 6.45) is 2.45. The maximum Gasteiger partial charge on any atom is 0.262 e. The molecule has 0 unspecified atom stereocenters. The number of carbonyl (C=O) groups is 1. The van der Waals surface area contributed by atoms with Crippen LogP contribution in [0.5, 0.6) is 5.75 Å². The molecule has 0 saturated carbocycles. The van der Waals surface area contributed by atoms with Gasteiger partial charge in [0.05, 0.1) is 32.8 Å². The number of benzene rings is 1. The molecule has 1 aliphatic rings. The molecule has 134 valence electrons. The van der Waals surface area contributed by atoms with Crippen LogP contribution in [0.3, 0.4) is 0 Å². The number of thiophene rings is 1. The lowest BCUT2D eigenvalue weighted by Crippen LogP contribution is -2.32. The van der Waals surface area contributed by atoms with Gasteiger partial charge >= 0.3 is 0 Å². The lowest BCUT2D eigenvalue weighted by atomic mass is 9.99. The summed E-state index contributed by atoms with van der Waals surface area (Å²) < 4.78 is 6.56. The number of hydrogen-bond acceptors (Lipinski definition) is 4. The van der Waals surface area contributed by atoms with Gasteiger partial charge in [-0.05, 0) is 18.1 Å². The van der Waals surface area contributed by atoms with Crippen LogP contribution in [-0.2, 0) is 0 Å². The molecule has 4 rings (SSSR count). The molecule has 0 bridgehead atoms. The van der Waals surface area contributed by atoms with Crippen molar-refractivity contribution in [1.82, 2.24) is 10.3 Å². The number of fused-ring (bicyclic) bond motifs is 2. The minimum absolute atomic E-state index is 0.0545. The summed E-state index contributed by atoms with van der Waals surface area (Å²) in [6, 6.07) is 9.57. The summed E-state index contributed by atoms with van der Waals surface area (Å²) in [5.74, 6) is 0.945. The van der Waals surface area contributed by atoms with Crippen molar-refractivity contribution in [3.63, 3.8) is 0 Å². The average Bonchev–Trinajstić information content (AvgIpc) is 3.03. The minimum atomic E-state index is -0.0746. The molecule has 0 aliphatic carbocycles. The van der Waals surface area contributed by atoms with E-state index in [9.17, 15) is 4.79 Å². The van der Waals surface area contributed by atoms with Crippen molar-refractivity contribution in [3.8, 4) is 5.75 Å². The van der Waals surface area contributed by atoms with E-state index in [-0.39, 0.29) is 17.9 Å². The van der Waals surface area contributed by atoms with E-state index in [1.807, 2.05) is 24.3 Å². The number of amides is 1. The molecule has 1 atom stereocenters. The largest absolute Gasteiger partial charge is 0.493 e. The molecule has 26 heavy (non-hydrogen) atoms. The Kier molecular flexibility index (Phi) is 4.59. The molecule has 0 fully saturated rings. The maximum absolute atomic E-state index is 13.1. The normalized spacial score (nSPS) is 16.4. The van der Waals surface area contributed by atoms with E-state index in [0.29, 0.717) is 16.5 Å². The lowest BCUT2D eigenvalue weighted by molar-refractivity contribution is 0.0928. The number of para-hydroxylation sites is 1. The molecule has 0 radical (unpaired) electrons. The van der Waals surface area contributed by atoms with Crippen LogP contribution >= 0.6 is 22.9 Å². The first-order valence-corrected chi connectivity index (χ1v) is 9.85. The van der Waals surface area contributed by atoms with E-state index in [1.165, 1.54) is 11.3 Å². The van der Waals surface area contributed by atoms with Gasteiger partial charge in [-0.3, -0.25) is 9.78 Å². The molecular formula is C20H19ClN2O2S. The molecule has 3 heterocycles. The Labute approximate surface area is 161 Å². The molecule has 0 saturated heterocycles. The van der Waals surface area contributed by atoms with Crippen LogP contribution < -0.4 is 10.1 Å². The van der Waals surface area contributed by atoms with Gasteiger partial charge in [0, 0.05) is 23.7 Å². The summed E-state index contributed by atoms with van der Waals surface area (Å²) in [5.41, 5.74) is 2.82. The van der Waals surface area contributed by atoms with Gasteiger partial charge in [-0.25, -0.2) is 0 Å². The average molecular weight is 387 g/mol. The highest BCUT2D eigenvalue weighted by Crippen LogP contribution is 2.39. The molecule has 1 N–H and O–H groups in total. The van der Waals surface area contributed by atoms with Crippen molar-refractivity contribution in [2.24, 2.45) is 0 Å². The van der Waals surface area contributed by atoms with E-state index in [4.69, 9.17) is 16.3 Å². The first-order chi connectivity index (χ1) is 12.6. The number of aromatic nitrogens is 1. The van der Waals surface area contributed by atoms with Crippen LogP contribution in [0.15, 0.2) is 36.5 Å². The number of rotatable bonds is 3. The number of carbonyl (C=O) groups excluding carboxylic acids is 1. The monoisotopic (exact) mass is 386 g/mol. The fourth-order valence-electron chi connectivity index (χ4n) is 3.40. The molecule has 1 amide bonds. The Balaban J connectivity index is 1.72. The Morgan fingerprint density at radius 2 is 2.15 bits per heavy atom. The number of ether oxygens (including phenoxy) is 1. The third-order valence-corrected chi connectivity index (χ3v) is 6.26. The van der Waals surface area contributed by atoms with E-state index >= 15 is 0 Å². The van der Waals surface area contributed by atoms with Crippen LogP contribution in [0.4, 0.5) is 0 Å². The Morgan fingerprint density at radius 1 is 1.35 bits per heavy atom. The van der Waals surface area contributed by atoms with Gasteiger partial charge < -0.3 is 10.1 Å². The maximum atomic E-state index is 13.1. The number of halogens is 1. The smallest absolute Gasteiger partial charge is 0.262 e. The second kappa shape index (κ2) is 6.89. The van der Waals surface area contributed by atoms with Crippen molar-refractivity contribution < 1.29 is 9.53 Å². The zero-order valence-corrected chi connectivity index (χ0v) is 16.2. The Morgan fingerprint density at radius 3 is 2.96 bits per heavy atom. The molecular weight excluding hydrogens is 368 g/mol. The zero-order chi connectivity index (χ0) is 18.3. The Hall–Kier alpha value is -2.11. The minimum Gasteiger partial charge on any atom is -0.493 e. The summed E-state index contributed by atoms with van der Waals surface area (Å²) in [4.78, 5) is 18.3. The highest BCUT2D eigenvalue weighted by molar-refractivity contribution is 7.21. The molecule has 4 nitrogen and oxygen atoms in total. The van der Waals surface area contributed by atoms with Gasteiger partial charge in [0.25, 0.3) is 5.91 Å². The molecule has 0 spiro atoms. The Bertz CT molecular complexity index is 983. The van der Waals surface area contributed by atoms with Crippen LogP contribution in [0.25, 0.3) is 10.2 Å². The third kappa shape index (κ3) is 2.95. The number of nitrogens with one attached hydrogen (secondary N) is 1. The van der Waals surface area contributed by atoms with Gasteiger partial charge in [-0.1, -0.05) is 43.6 Å². The molecule has 3 aromatic rings. The number of pyridine rings is 1. The predicted molar refractivity (Wildman–Crippen MR) is 105 cm³/mol. The first kappa shape index (κ1) is 17.3. The van der Waals surface area contributed by atoms with Crippen LogP contribution in [0.2, 0.25) is 5.02 Å². The van der Waals surface area contributed by atoms with E-state index < -0.39 is 0 Å². The van der Waals surface area contributed by atoms with Crippen LogP contribution in [-0.4, -0.2) is 17.5 Å². The van der Waals surface area contributed by atoms with Gasteiger partial charge in [0.1, 0.15) is 5.75 Å². The number of hydrogen-bond donors (Lipinski definition) is 1. The SMILES string of the molecule is CC(C)c1c(C(=O)N[C@H]2CCOc3ccccc32)sc2c(Cl)ccnc12. The molecule has 1 aromatic carbocycles. The standard InChI is InChI=1S/C20H19ClN2O2S/c1-11(2)16-17-18(13(21)7-9-22-17)26-19(16)20(24)23-14-8-10-25-15-6-4-3-5-12(14)15/h3-7,9,11,14H,8,10H2,1-2H3,(H,23,24)/t14-/m0/s1. The fraction of sp³-hybridized carbons (Fsp3) is 0.300.